The van der Waals surface area contributed by atoms with Crippen LogP contribution in [0, 0.1) is 0 Å². The Morgan fingerprint density at radius 2 is 2.11 bits per heavy atom. The third-order valence-corrected chi connectivity index (χ3v) is 3.23. The summed E-state index contributed by atoms with van der Waals surface area (Å²) in [6.07, 6.45) is -0.00727. The van der Waals surface area contributed by atoms with Gasteiger partial charge in [-0.15, -0.1) is 0 Å². The summed E-state index contributed by atoms with van der Waals surface area (Å²) in [5.74, 6) is 1.19. The van der Waals surface area contributed by atoms with Gasteiger partial charge in [0.2, 0.25) is 5.91 Å². The fraction of sp³-hybridized carbons (Fsp3) is 0.462. The SMILES string of the molecule is O=C(Nc1ccc2c(c1)OCCO2)C1CC(O)CN1. The number of fused-ring (bicyclic) bond motifs is 1. The fourth-order valence-corrected chi connectivity index (χ4v) is 2.27. The Hall–Kier alpha value is -1.79. The van der Waals surface area contributed by atoms with Gasteiger partial charge in [0.05, 0.1) is 12.1 Å². The lowest BCUT2D eigenvalue weighted by Gasteiger charge is -2.19. The van der Waals surface area contributed by atoms with E-state index in [4.69, 9.17) is 9.47 Å². The molecule has 2 aliphatic heterocycles. The van der Waals surface area contributed by atoms with Crippen LogP contribution >= 0.6 is 0 Å². The normalized spacial score (nSPS) is 25.1. The number of amides is 1. The predicted octanol–water partition coefficient (Wildman–Crippen LogP) is 0.119. The minimum absolute atomic E-state index is 0.145. The van der Waals surface area contributed by atoms with Crippen LogP contribution in [-0.4, -0.2) is 42.9 Å². The number of rotatable bonds is 2. The van der Waals surface area contributed by atoms with E-state index in [1.165, 1.54) is 0 Å². The van der Waals surface area contributed by atoms with Crippen molar-refractivity contribution in [2.75, 3.05) is 25.1 Å². The van der Waals surface area contributed by atoms with Crippen molar-refractivity contribution >= 4 is 11.6 Å². The molecule has 3 rings (SSSR count). The lowest BCUT2D eigenvalue weighted by atomic mass is 10.2. The van der Waals surface area contributed by atoms with Crippen LogP contribution in [0.1, 0.15) is 6.42 Å². The molecule has 3 N–H and O–H groups in total. The van der Waals surface area contributed by atoms with E-state index in [9.17, 15) is 9.90 Å². The number of anilines is 1. The van der Waals surface area contributed by atoms with Crippen LogP contribution in [0.25, 0.3) is 0 Å². The van der Waals surface area contributed by atoms with Crippen molar-refractivity contribution in [1.29, 1.82) is 0 Å². The summed E-state index contributed by atoms with van der Waals surface area (Å²) in [6, 6.07) is 4.96. The summed E-state index contributed by atoms with van der Waals surface area (Å²) < 4.78 is 10.9. The van der Waals surface area contributed by atoms with Crippen LogP contribution in [0.3, 0.4) is 0 Å². The number of ether oxygens (including phenoxy) is 2. The van der Waals surface area contributed by atoms with Gasteiger partial charge in [0.25, 0.3) is 0 Å². The molecule has 6 nitrogen and oxygen atoms in total. The molecule has 6 heteroatoms. The molecule has 19 heavy (non-hydrogen) atoms. The maximum Gasteiger partial charge on any atom is 0.241 e. The molecule has 1 fully saturated rings. The molecule has 102 valence electrons. The van der Waals surface area contributed by atoms with Crippen LogP contribution in [-0.2, 0) is 4.79 Å². The molecule has 1 aromatic rings. The second-order valence-corrected chi connectivity index (χ2v) is 4.70. The van der Waals surface area contributed by atoms with Crippen LogP contribution in [0.4, 0.5) is 5.69 Å². The van der Waals surface area contributed by atoms with E-state index in [1.807, 2.05) is 0 Å². The average molecular weight is 264 g/mol. The molecule has 2 aliphatic rings. The van der Waals surface area contributed by atoms with Crippen LogP contribution < -0.4 is 20.1 Å². The first-order valence-corrected chi connectivity index (χ1v) is 6.34. The third-order valence-electron chi connectivity index (χ3n) is 3.23. The number of nitrogens with one attached hydrogen (secondary N) is 2. The van der Waals surface area contributed by atoms with Gasteiger partial charge in [0.1, 0.15) is 13.2 Å². The Bertz CT molecular complexity index is 492. The molecule has 0 saturated carbocycles. The zero-order chi connectivity index (χ0) is 13.2. The lowest BCUT2D eigenvalue weighted by molar-refractivity contribution is -0.117. The molecule has 1 aromatic carbocycles. The molecule has 0 aliphatic carbocycles. The molecule has 1 saturated heterocycles. The Balaban J connectivity index is 1.68. The van der Waals surface area contributed by atoms with Crippen molar-refractivity contribution in [1.82, 2.24) is 5.32 Å². The molecule has 2 atom stereocenters. The van der Waals surface area contributed by atoms with Crippen molar-refractivity contribution < 1.29 is 19.4 Å². The molecular weight excluding hydrogens is 248 g/mol. The number of hydrogen-bond donors (Lipinski definition) is 3. The number of carbonyl (C=O) groups is 1. The first-order valence-electron chi connectivity index (χ1n) is 6.34. The Morgan fingerprint density at radius 1 is 1.32 bits per heavy atom. The van der Waals surface area contributed by atoms with Gasteiger partial charge in [0.15, 0.2) is 11.5 Å². The standard InChI is InChI=1S/C13H16N2O4/c16-9-6-10(14-7-9)13(17)15-8-1-2-11-12(5-8)19-4-3-18-11/h1-2,5,9-10,14,16H,3-4,6-7H2,(H,15,17). The maximum absolute atomic E-state index is 12.0. The Labute approximate surface area is 110 Å². The Kier molecular flexibility index (Phi) is 3.27. The predicted molar refractivity (Wildman–Crippen MR) is 68.5 cm³/mol. The van der Waals surface area contributed by atoms with Crippen LogP contribution in [0.5, 0.6) is 11.5 Å². The molecule has 0 spiro atoms. The van der Waals surface area contributed by atoms with E-state index in [0.29, 0.717) is 43.4 Å². The highest BCUT2D eigenvalue weighted by Crippen LogP contribution is 2.32. The van der Waals surface area contributed by atoms with Crippen LogP contribution in [0.15, 0.2) is 18.2 Å². The summed E-state index contributed by atoms with van der Waals surface area (Å²) in [5, 5.41) is 15.2. The van der Waals surface area contributed by atoms with E-state index >= 15 is 0 Å². The van der Waals surface area contributed by atoms with Crippen molar-refractivity contribution in [2.24, 2.45) is 0 Å². The third kappa shape index (κ3) is 2.64. The zero-order valence-electron chi connectivity index (χ0n) is 10.4. The summed E-state index contributed by atoms with van der Waals surface area (Å²) in [6.45, 7) is 1.52. The number of aliphatic hydroxyl groups excluding tert-OH is 1. The smallest absolute Gasteiger partial charge is 0.241 e. The highest BCUT2D eigenvalue weighted by atomic mass is 16.6. The highest BCUT2D eigenvalue weighted by molar-refractivity contribution is 5.95. The number of carbonyl (C=O) groups excluding carboxylic acids is 1. The highest BCUT2D eigenvalue weighted by Gasteiger charge is 2.28. The van der Waals surface area contributed by atoms with Crippen molar-refractivity contribution in [3.63, 3.8) is 0 Å². The monoisotopic (exact) mass is 264 g/mol. The van der Waals surface area contributed by atoms with Gasteiger partial charge in [-0.2, -0.15) is 0 Å². The van der Waals surface area contributed by atoms with E-state index < -0.39 is 6.10 Å². The summed E-state index contributed by atoms with van der Waals surface area (Å²) in [5.41, 5.74) is 0.664. The molecule has 0 bridgehead atoms. The van der Waals surface area contributed by atoms with Crippen LogP contribution in [0.2, 0.25) is 0 Å². The average Bonchev–Trinajstić information content (AvgIpc) is 2.85. The number of hydrogen-bond acceptors (Lipinski definition) is 5. The van der Waals surface area contributed by atoms with Crippen molar-refractivity contribution in [3.8, 4) is 11.5 Å². The number of β-amino-alcohol motifs (C(OH)–C–C–N with tert-alkyl or cyclic N) is 1. The van der Waals surface area contributed by atoms with Gasteiger partial charge in [-0.25, -0.2) is 0 Å². The number of benzene rings is 1. The minimum Gasteiger partial charge on any atom is -0.486 e. The topological polar surface area (TPSA) is 79.8 Å². The molecular formula is C13H16N2O4. The van der Waals surface area contributed by atoms with Gasteiger partial charge in [-0.1, -0.05) is 0 Å². The van der Waals surface area contributed by atoms with E-state index in [-0.39, 0.29) is 11.9 Å². The first kappa shape index (κ1) is 12.3. The van der Waals surface area contributed by atoms with E-state index in [2.05, 4.69) is 10.6 Å². The van der Waals surface area contributed by atoms with Crippen molar-refractivity contribution in [3.05, 3.63) is 18.2 Å². The summed E-state index contributed by atoms with van der Waals surface area (Å²) in [7, 11) is 0. The van der Waals surface area contributed by atoms with Gasteiger partial charge in [0, 0.05) is 18.3 Å². The minimum atomic E-state index is -0.448. The molecule has 1 amide bonds. The van der Waals surface area contributed by atoms with Gasteiger partial charge >= 0.3 is 0 Å². The first-order chi connectivity index (χ1) is 9.22. The second kappa shape index (κ2) is 5.07. The lowest BCUT2D eigenvalue weighted by Crippen LogP contribution is -2.35. The second-order valence-electron chi connectivity index (χ2n) is 4.70. The fourth-order valence-electron chi connectivity index (χ4n) is 2.27. The number of aliphatic hydroxyl groups is 1. The van der Waals surface area contributed by atoms with Crippen molar-refractivity contribution in [2.45, 2.75) is 18.6 Å². The van der Waals surface area contributed by atoms with Gasteiger partial charge in [-0.05, 0) is 18.6 Å². The Morgan fingerprint density at radius 3 is 2.84 bits per heavy atom. The van der Waals surface area contributed by atoms with E-state index in [1.54, 1.807) is 18.2 Å². The summed E-state index contributed by atoms with van der Waals surface area (Å²) in [4.78, 5) is 12.0. The van der Waals surface area contributed by atoms with Gasteiger partial charge < -0.3 is 25.2 Å². The largest absolute Gasteiger partial charge is 0.486 e. The quantitative estimate of drug-likeness (QED) is 0.707. The van der Waals surface area contributed by atoms with E-state index in [0.717, 1.165) is 0 Å². The summed E-state index contributed by atoms with van der Waals surface area (Å²) >= 11 is 0. The molecule has 0 aromatic heterocycles. The maximum atomic E-state index is 12.0. The molecule has 2 heterocycles. The van der Waals surface area contributed by atoms with Gasteiger partial charge in [-0.3, -0.25) is 4.79 Å². The zero-order valence-corrected chi connectivity index (χ0v) is 10.4. The molecule has 2 unspecified atom stereocenters. The molecule has 0 radical (unpaired) electrons.